The minimum atomic E-state index is -3.09. The summed E-state index contributed by atoms with van der Waals surface area (Å²) in [5, 5.41) is 6.48. The van der Waals surface area contributed by atoms with Crippen LogP contribution in [0.15, 0.2) is 34.9 Å². The lowest BCUT2D eigenvalue weighted by atomic mass is 10.1. The van der Waals surface area contributed by atoms with Crippen LogP contribution in [0.4, 0.5) is 4.79 Å². The summed E-state index contributed by atoms with van der Waals surface area (Å²) in [6.45, 7) is 2.14. The van der Waals surface area contributed by atoms with Gasteiger partial charge in [-0.2, -0.15) is 4.98 Å². The van der Waals surface area contributed by atoms with Crippen molar-refractivity contribution >= 4 is 15.9 Å². The second-order valence-electron chi connectivity index (χ2n) is 6.06. The Kier molecular flexibility index (Phi) is 5.03. The van der Waals surface area contributed by atoms with Gasteiger partial charge in [0.1, 0.15) is 0 Å². The predicted molar refractivity (Wildman–Crippen MR) is 90.3 cm³/mol. The van der Waals surface area contributed by atoms with Crippen molar-refractivity contribution in [3.8, 4) is 0 Å². The van der Waals surface area contributed by atoms with E-state index in [4.69, 9.17) is 4.52 Å². The van der Waals surface area contributed by atoms with Gasteiger partial charge in [-0.05, 0) is 12.0 Å². The van der Waals surface area contributed by atoms with E-state index in [0.717, 1.165) is 5.56 Å². The van der Waals surface area contributed by atoms with E-state index in [0.29, 0.717) is 24.7 Å². The average molecular weight is 364 g/mol. The van der Waals surface area contributed by atoms with E-state index in [9.17, 15) is 13.2 Å². The topological polar surface area (TPSA) is 105 Å². The third-order valence-corrected chi connectivity index (χ3v) is 5.82. The van der Waals surface area contributed by atoms with Crippen LogP contribution in [-0.4, -0.2) is 47.0 Å². The Morgan fingerprint density at radius 3 is 2.72 bits per heavy atom. The maximum absolute atomic E-state index is 12.7. The van der Waals surface area contributed by atoms with Crippen LogP contribution in [0.2, 0.25) is 0 Å². The second kappa shape index (κ2) is 7.22. The zero-order valence-corrected chi connectivity index (χ0v) is 14.7. The number of aromatic nitrogens is 2. The normalized spacial score (nSPS) is 18.8. The molecule has 8 nitrogen and oxygen atoms in total. The lowest BCUT2D eigenvalue weighted by Crippen LogP contribution is -2.46. The molecule has 0 saturated carbocycles. The molecule has 2 aromatic rings. The molecule has 2 heterocycles. The first-order chi connectivity index (χ1) is 11.9. The largest absolute Gasteiger partial charge is 0.340 e. The number of rotatable bonds is 5. The van der Waals surface area contributed by atoms with E-state index < -0.39 is 9.84 Å². The summed E-state index contributed by atoms with van der Waals surface area (Å²) < 4.78 is 28.5. The van der Waals surface area contributed by atoms with Gasteiger partial charge >= 0.3 is 6.03 Å². The Labute approximate surface area is 146 Å². The van der Waals surface area contributed by atoms with Gasteiger partial charge < -0.3 is 14.7 Å². The summed E-state index contributed by atoms with van der Waals surface area (Å²) in [5.74, 6) is 0.909. The van der Waals surface area contributed by atoms with E-state index >= 15 is 0 Å². The monoisotopic (exact) mass is 364 g/mol. The second-order valence-corrected chi connectivity index (χ2v) is 8.29. The first-order valence-electron chi connectivity index (χ1n) is 8.01. The third-order valence-electron chi connectivity index (χ3n) is 4.07. The van der Waals surface area contributed by atoms with E-state index in [1.807, 2.05) is 30.3 Å². The standard InChI is InChI=1S/C16H20N4O4S/c1-12-18-15(19-24-12)9-17-16(21)20(10-13-5-3-2-4-6-13)14-7-8-25(22,23)11-14/h2-6,14H,7-11H2,1H3,(H,17,21)/t14-/m0/s1. The van der Waals surface area contributed by atoms with Crippen LogP contribution in [0.1, 0.15) is 23.7 Å². The van der Waals surface area contributed by atoms with E-state index in [-0.39, 0.29) is 30.1 Å². The van der Waals surface area contributed by atoms with E-state index in [2.05, 4.69) is 15.5 Å². The van der Waals surface area contributed by atoms with Gasteiger partial charge in [0.2, 0.25) is 5.89 Å². The number of benzene rings is 1. The fourth-order valence-electron chi connectivity index (χ4n) is 2.84. The average Bonchev–Trinajstić information content (AvgIpc) is 3.16. The third kappa shape index (κ3) is 4.56. The number of aryl methyl sites for hydroxylation is 1. The van der Waals surface area contributed by atoms with Gasteiger partial charge in [-0.25, -0.2) is 13.2 Å². The summed E-state index contributed by atoms with van der Waals surface area (Å²) in [6, 6.07) is 8.81. The molecule has 1 aromatic carbocycles. The highest BCUT2D eigenvalue weighted by atomic mass is 32.2. The molecule has 0 unspecified atom stereocenters. The molecule has 25 heavy (non-hydrogen) atoms. The summed E-state index contributed by atoms with van der Waals surface area (Å²) >= 11 is 0. The molecule has 2 amide bonds. The van der Waals surface area contributed by atoms with Crippen LogP contribution in [-0.2, 0) is 22.9 Å². The first kappa shape index (κ1) is 17.4. The molecule has 0 spiro atoms. The molecule has 1 aliphatic rings. The van der Waals surface area contributed by atoms with Crippen molar-refractivity contribution in [2.45, 2.75) is 32.5 Å². The minimum Gasteiger partial charge on any atom is -0.340 e. The molecule has 1 aliphatic heterocycles. The molecule has 1 saturated heterocycles. The van der Waals surface area contributed by atoms with Gasteiger partial charge in [0.05, 0.1) is 18.1 Å². The van der Waals surface area contributed by atoms with Crippen LogP contribution in [0.25, 0.3) is 0 Å². The van der Waals surface area contributed by atoms with Gasteiger partial charge in [0.25, 0.3) is 0 Å². The Morgan fingerprint density at radius 2 is 2.12 bits per heavy atom. The van der Waals surface area contributed by atoms with Crippen LogP contribution >= 0.6 is 0 Å². The Morgan fingerprint density at radius 1 is 1.36 bits per heavy atom. The van der Waals surface area contributed by atoms with Gasteiger partial charge in [0, 0.05) is 19.5 Å². The van der Waals surface area contributed by atoms with Gasteiger partial charge in [-0.15, -0.1) is 0 Å². The quantitative estimate of drug-likeness (QED) is 0.857. The Balaban J connectivity index is 1.71. The Bertz CT molecular complexity index is 835. The highest BCUT2D eigenvalue weighted by molar-refractivity contribution is 7.91. The minimum absolute atomic E-state index is 0.00538. The molecule has 134 valence electrons. The van der Waals surface area contributed by atoms with Gasteiger partial charge in [-0.1, -0.05) is 35.5 Å². The van der Waals surface area contributed by atoms with Crippen LogP contribution in [0.3, 0.4) is 0 Å². The molecule has 1 atom stereocenters. The number of amides is 2. The predicted octanol–water partition coefficient (Wildman–Crippen LogP) is 1.28. The van der Waals surface area contributed by atoms with Crippen molar-refractivity contribution in [2.24, 2.45) is 0 Å². The summed E-state index contributed by atoms with van der Waals surface area (Å²) in [5.41, 5.74) is 0.942. The highest BCUT2D eigenvalue weighted by Gasteiger charge is 2.34. The van der Waals surface area contributed by atoms with Crippen molar-refractivity contribution in [2.75, 3.05) is 11.5 Å². The zero-order valence-electron chi connectivity index (χ0n) is 13.9. The van der Waals surface area contributed by atoms with E-state index in [1.165, 1.54) is 0 Å². The molecule has 1 aromatic heterocycles. The molecule has 0 bridgehead atoms. The fourth-order valence-corrected chi connectivity index (χ4v) is 4.57. The summed E-state index contributed by atoms with van der Waals surface area (Å²) in [6.07, 6.45) is 0.448. The maximum Gasteiger partial charge on any atom is 0.318 e. The number of nitrogens with zero attached hydrogens (tertiary/aromatic N) is 3. The Hall–Kier alpha value is -2.42. The first-order valence-corrected chi connectivity index (χ1v) is 9.83. The molecule has 1 fully saturated rings. The lowest BCUT2D eigenvalue weighted by Gasteiger charge is -2.28. The van der Waals surface area contributed by atoms with Crippen molar-refractivity contribution in [3.05, 3.63) is 47.6 Å². The molecular weight excluding hydrogens is 344 g/mol. The molecular formula is C16H20N4O4S. The number of sulfone groups is 1. The SMILES string of the molecule is Cc1nc(CNC(=O)N(Cc2ccccc2)[C@H]2CCS(=O)(=O)C2)no1. The molecule has 3 rings (SSSR count). The van der Waals surface area contributed by atoms with Crippen molar-refractivity contribution in [1.29, 1.82) is 0 Å². The number of hydrogen-bond acceptors (Lipinski definition) is 6. The smallest absolute Gasteiger partial charge is 0.318 e. The van der Waals surface area contributed by atoms with Crippen LogP contribution in [0.5, 0.6) is 0 Å². The van der Waals surface area contributed by atoms with Gasteiger partial charge in [-0.3, -0.25) is 0 Å². The highest BCUT2D eigenvalue weighted by Crippen LogP contribution is 2.20. The van der Waals surface area contributed by atoms with Crippen molar-refractivity contribution in [3.63, 3.8) is 0 Å². The molecule has 0 radical (unpaired) electrons. The zero-order chi connectivity index (χ0) is 17.9. The lowest BCUT2D eigenvalue weighted by molar-refractivity contribution is 0.175. The van der Waals surface area contributed by atoms with E-state index in [1.54, 1.807) is 11.8 Å². The number of carbonyl (C=O) groups is 1. The molecule has 1 N–H and O–H groups in total. The van der Waals surface area contributed by atoms with Crippen LogP contribution < -0.4 is 5.32 Å². The van der Waals surface area contributed by atoms with Crippen molar-refractivity contribution in [1.82, 2.24) is 20.4 Å². The number of nitrogens with one attached hydrogen (secondary N) is 1. The van der Waals surface area contributed by atoms with Crippen molar-refractivity contribution < 1.29 is 17.7 Å². The fraction of sp³-hybridized carbons (Fsp3) is 0.438. The maximum atomic E-state index is 12.7. The summed E-state index contributed by atoms with van der Waals surface area (Å²) in [4.78, 5) is 18.3. The molecule has 9 heteroatoms. The number of urea groups is 1. The molecule has 0 aliphatic carbocycles. The summed E-state index contributed by atoms with van der Waals surface area (Å²) in [7, 11) is -3.09. The van der Waals surface area contributed by atoms with Gasteiger partial charge in [0.15, 0.2) is 15.7 Å². The van der Waals surface area contributed by atoms with Crippen LogP contribution in [0, 0.1) is 6.92 Å². The number of carbonyl (C=O) groups excluding carboxylic acids is 1. The number of hydrogen-bond donors (Lipinski definition) is 1.